The Hall–Kier alpha value is 0. The van der Waals surface area contributed by atoms with Gasteiger partial charge in [-0.2, -0.15) is 0 Å². The average molecular weight is 182 g/mol. The average Bonchev–Trinajstić information content (AvgIpc) is 2.00. The minimum Gasteiger partial charge on any atom is -0.0654 e. The van der Waals surface area contributed by atoms with E-state index < -0.39 is 0 Å². The van der Waals surface area contributed by atoms with Crippen molar-refractivity contribution in [3.8, 4) is 0 Å². The maximum atomic E-state index is 2.39. The van der Waals surface area contributed by atoms with Crippen molar-refractivity contribution in [1.29, 1.82) is 0 Å². The van der Waals surface area contributed by atoms with Crippen molar-refractivity contribution in [1.82, 2.24) is 0 Å². The number of rotatable bonds is 5. The second-order valence-corrected chi connectivity index (χ2v) is 5.47. The summed E-state index contributed by atoms with van der Waals surface area (Å²) in [6, 6.07) is 0. The van der Waals surface area contributed by atoms with Crippen molar-refractivity contribution in [2.45, 2.75) is 59.8 Å². The van der Waals surface area contributed by atoms with E-state index in [9.17, 15) is 0 Å². The molecule has 0 N–H and O–H groups in total. The lowest BCUT2D eigenvalue weighted by atomic mass is 9.70. The van der Waals surface area contributed by atoms with Crippen LogP contribution in [0.15, 0.2) is 0 Å². The molecule has 1 fully saturated rings. The summed E-state index contributed by atoms with van der Waals surface area (Å²) in [4.78, 5) is 0. The predicted molar refractivity (Wildman–Crippen MR) is 59.7 cm³/mol. The third-order valence-corrected chi connectivity index (χ3v) is 3.71. The first-order valence-electron chi connectivity index (χ1n) is 6.13. The molecule has 0 aromatic rings. The molecule has 78 valence electrons. The van der Waals surface area contributed by atoms with Crippen molar-refractivity contribution in [3.63, 3.8) is 0 Å². The Morgan fingerprint density at radius 3 is 2.23 bits per heavy atom. The molecule has 0 heteroatoms. The Kier molecular flexibility index (Phi) is 4.28. The molecule has 1 aliphatic rings. The zero-order chi connectivity index (χ0) is 9.84. The van der Waals surface area contributed by atoms with Crippen LogP contribution in [0.5, 0.6) is 0 Å². The molecule has 0 aliphatic heterocycles. The second kappa shape index (κ2) is 5.02. The maximum absolute atomic E-state index is 2.39. The predicted octanol–water partition coefficient (Wildman–Crippen LogP) is 4.49. The van der Waals surface area contributed by atoms with Gasteiger partial charge in [-0.25, -0.2) is 0 Å². The summed E-state index contributed by atoms with van der Waals surface area (Å²) in [5.74, 6) is 4.01. The Labute approximate surface area is 84.1 Å². The summed E-state index contributed by atoms with van der Waals surface area (Å²) in [6.07, 6.45) is 7.34. The van der Waals surface area contributed by atoms with Gasteiger partial charge in [0.1, 0.15) is 0 Å². The molecule has 1 atom stereocenters. The smallest absolute Gasteiger partial charge is 0.0389 e. The van der Waals surface area contributed by atoms with Gasteiger partial charge in [0.2, 0.25) is 0 Å². The fourth-order valence-electron chi connectivity index (χ4n) is 2.78. The lowest BCUT2D eigenvalue weighted by molar-refractivity contribution is 0.151. The molecule has 1 rings (SSSR count). The van der Waals surface area contributed by atoms with E-state index in [2.05, 4.69) is 27.7 Å². The molecular formula is C13H26. The van der Waals surface area contributed by atoms with Crippen LogP contribution in [0.4, 0.5) is 0 Å². The van der Waals surface area contributed by atoms with Crippen molar-refractivity contribution < 1.29 is 0 Å². The Morgan fingerprint density at radius 1 is 1.23 bits per heavy atom. The SMILES string of the molecule is CCCC(CC1CC(C)C1)C(C)C. The summed E-state index contributed by atoms with van der Waals surface area (Å²) < 4.78 is 0. The lowest BCUT2D eigenvalue weighted by Crippen LogP contribution is -2.25. The van der Waals surface area contributed by atoms with E-state index in [-0.39, 0.29) is 0 Å². The minimum absolute atomic E-state index is 0.899. The van der Waals surface area contributed by atoms with Gasteiger partial charge in [0.05, 0.1) is 0 Å². The summed E-state index contributed by atoms with van der Waals surface area (Å²) in [5.41, 5.74) is 0. The number of hydrogen-bond donors (Lipinski definition) is 0. The third kappa shape index (κ3) is 3.32. The summed E-state index contributed by atoms with van der Waals surface area (Å²) in [6.45, 7) is 9.49. The molecule has 0 aromatic carbocycles. The van der Waals surface area contributed by atoms with Crippen LogP contribution in [0.1, 0.15) is 59.8 Å². The third-order valence-electron chi connectivity index (χ3n) is 3.71. The van der Waals surface area contributed by atoms with Crippen LogP contribution in [-0.4, -0.2) is 0 Å². The minimum atomic E-state index is 0.899. The molecule has 0 spiro atoms. The zero-order valence-corrected chi connectivity index (χ0v) is 9.84. The van der Waals surface area contributed by atoms with Crippen LogP contribution >= 0.6 is 0 Å². The van der Waals surface area contributed by atoms with E-state index in [1.54, 1.807) is 0 Å². The molecule has 1 aliphatic carbocycles. The largest absolute Gasteiger partial charge is 0.0654 e. The van der Waals surface area contributed by atoms with Gasteiger partial charge in [0.25, 0.3) is 0 Å². The fraction of sp³-hybridized carbons (Fsp3) is 1.00. The van der Waals surface area contributed by atoms with Crippen LogP contribution in [0, 0.1) is 23.7 Å². The van der Waals surface area contributed by atoms with E-state index in [4.69, 9.17) is 0 Å². The van der Waals surface area contributed by atoms with Gasteiger partial charge in [-0.3, -0.25) is 0 Å². The molecule has 13 heavy (non-hydrogen) atoms. The molecule has 0 radical (unpaired) electrons. The maximum Gasteiger partial charge on any atom is -0.0389 e. The Bertz CT molecular complexity index is 131. The van der Waals surface area contributed by atoms with Crippen LogP contribution in [0.25, 0.3) is 0 Å². The highest BCUT2D eigenvalue weighted by Gasteiger charge is 2.28. The van der Waals surface area contributed by atoms with Crippen molar-refractivity contribution in [3.05, 3.63) is 0 Å². The topological polar surface area (TPSA) is 0 Å². The highest BCUT2D eigenvalue weighted by Crippen LogP contribution is 2.39. The first-order valence-corrected chi connectivity index (χ1v) is 6.13. The van der Waals surface area contributed by atoms with Crippen LogP contribution < -0.4 is 0 Å². The second-order valence-electron chi connectivity index (χ2n) is 5.47. The van der Waals surface area contributed by atoms with Crippen molar-refractivity contribution in [2.75, 3.05) is 0 Å². The molecular weight excluding hydrogens is 156 g/mol. The Balaban J connectivity index is 2.22. The standard InChI is InChI=1S/C13H26/c1-5-6-13(10(2)3)9-12-7-11(4)8-12/h10-13H,5-9H2,1-4H3. The van der Waals surface area contributed by atoms with Crippen molar-refractivity contribution >= 4 is 0 Å². The number of hydrogen-bond acceptors (Lipinski definition) is 0. The van der Waals surface area contributed by atoms with E-state index in [0.717, 1.165) is 23.7 Å². The normalized spacial score (nSPS) is 30.2. The molecule has 0 saturated heterocycles. The highest BCUT2D eigenvalue weighted by molar-refractivity contribution is 4.79. The van der Waals surface area contributed by atoms with Crippen LogP contribution in [-0.2, 0) is 0 Å². The van der Waals surface area contributed by atoms with Crippen LogP contribution in [0.2, 0.25) is 0 Å². The quantitative estimate of drug-likeness (QED) is 0.587. The summed E-state index contributed by atoms with van der Waals surface area (Å²) >= 11 is 0. The molecule has 0 aromatic heterocycles. The molecule has 0 bridgehead atoms. The fourth-order valence-corrected chi connectivity index (χ4v) is 2.78. The van der Waals surface area contributed by atoms with Gasteiger partial charge >= 0.3 is 0 Å². The van der Waals surface area contributed by atoms with Gasteiger partial charge < -0.3 is 0 Å². The first kappa shape index (κ1) is 11.1. The van der Waals surface area contributed by atoms with Gasteiger partial charge in [0, 0.05) is 0 Å². The van der Waals surface area contributed by atoms with E-state index in [1.807, 2.05) is 0 Å². The highest BCUT2D eigenvalue weighted by atomic mass is 14.3. The summed E-state index contributed by atoms with van der Waals surface area (Å²) in [7, 11) is 0. The van der Waals surface area contributed by atoms with Crippen LogP contribution in [0.3, 0.4) is 0 Å². The molecule has 1 unspecified atom stereocenters. The van der Waals surface area contributed by atoms with Gasteiger partial charge in [-0.15, -0.1) is 0 Å². The zero-order valence-electron chi connectivity index (χ0n) is 9.84. The van der Waals surface area contributed by atoms with Gasteiger partial charge in [-0.05, 0) is 42.9 Å². The van der Waals surface area contributed by atoms with Gasteiger partial charge in [0.15, 0.2) is 0 Å². The van der Waals surface area contributed by atoms with E-state index in [0.29, 0.717) is 0 Å². The first-order chi connectivity index (χ1) is 6.13. The van der Waals surface area contributed by atoms with E-state index >= 15 is 0 Å². The lowest BCUT2D eigenvalue weighted by Gasteiger charge is -2.36. The Morgan fingerprint density at radius 2 is 1.85 bits per heavy atom. The summed E-state index contributed by atoms with van der Waals surface area (Å²) in [5, 5.41) is 0. The molecule has 0 nitrogen and oxygen atoms in total. The molecule has 0 heterocycles. The van der Waals surface area contributed by atoms with E-state index in [1.165, 1.54) is 32.1 Å². The van der Waals surface area contributed by atoms with Gasteiger partial charge in [-0.1, -0.05) is 40.5 Å². The monoisotopic (exact) mass is 182 g/mol. The molecule has 1 saturated carbocycles. The van der Waals surface area contributed by atoms with Crippen molar-refractivity contribution in [2.24, 2.45) is 23.7 Å². The molecule has 0 amide bonds.